The maximum absolute atomic E-state index is 13.1. The maximum Gasteiger partial charge on any atom is 0.338 e. The Kier molecular flexibility index (Phi) is 4.42. The van der Waals surface area contributed by atoms with Crippen LogP contribution in [0.15, 0.2) is 23.1 Å². The van der Waals surface area contributed by atoms with Crippen LogP contribution in [-0.2, 0) is 14.6 Å². The Morgan fingerprint density at radius 1 is 1.50 bits per heavy atom. The maximum atomic E-state index is 13.1. The van der Waals surface area contributed by atoms with Crippen molar-refractivity contribution < 1.29 is 27.4 Å². The third-order valence-electron chi connectivity index (χ3n) is 2.38. The quantitative estimate of drug-likeness (QED) is 0.821. The molecule has 0 aliphatic rings. The van der Waals surface area contributed by atoms with Crippen LogP contribution in [0.3, 0.4) is 0 Å². The molecule has 0 spiro atoms. The second-order valence-electron chi connectivity index (χ2n) is 3.77. The van der Waals surface area contributed by atoms with Gasteiger partial charge in [0.2, 0.25) is 0 Å². The van der Waals surface area contributed by atoms with Crippen molar-refractivity contribution in [1.29, 1.82) is 0 Å². The highest BCUT2D eigenvalue weighted by atomic mass is 32.2. The van der Waals surface area contributed by atoms with Gasteiger partial charge in [-0.05, 0) is 25.1 Å². The average Bonchev–Trinajstić information content (AvgIpc) is 2.28. The molecule has 0 aliphatic heterocycles. The van der Waals surface area contributed by atoms with Crippen molar-refractivity contribution in [3.05, 3.63) is 29.6 Å². The SMILES string of the molecule is COC(C)CS(=O)(=O)c1ccc(F)c(C(=O)O)c1. The van der Waals surface area contributed by atoms with Gasteiger partial charge in [-0.2, -0.15) is 0 Å². The van der Waals surface area contributed by atoms with E-state index < -0.39 is 33.3 Å². The molecule has 0 amide bonds. The molecule has 0 aliphatic carbocycles. The zero-order chi connectivity index (χ0) is 13.9. The van der Waals surface area contributed by atoms with E-state index in [4.69, 9.17) is 9.84 Å². The van der Waals surface area contributed by atoms with Crippen molar-refractivity contribution in [2.24, 2.45) is 0 Å². The molecule has 0 saturated heterocycles. The second kappa shape index (κ2) is 5.45. The molecule has 0 saturated carbocycles. The fourth-order valence-electron chi connectivity index (χ4n) is 1.33. The van der Waals surface area contributed by atoms with E-state index in [9.17, 15) is 17.6 Å². The number of hydrogen-bond donors (Lipinski definition) is 1. The molecule has 0 fully saturated rings. The van der Waals surface area contributed by atoms with Crippen LogP contribution in [0.1, 0.15) is 17.3 Å². The van der Waals surface area contributed by atoms with Crippen molar-refractivity contribution in [2.75, 3.05) is 12.9 Å². The normalized spacial score (nSPS) is 13.3. The number of aromatic carboxylic acids is 1. The molecule has 5 nitrogen and oxygen atoms in total. The van der Waals surface area contributed by atoms with Gasteiger partial charge in [0.15, 0.2) is 9.84 Å². The van der Waals surface area contributed by atoms with Crippen LogP contribution >= 0.6 is 0 Å². The van der Waals surface area contributed by atoms with E-state index in [-0.39, 0.29) is 10.6 Å². The van der Waals surface area contributed by atoms with E-state index in [2.05, 4.69) is 0 Å². The van der Waals surface area contributed by atoms with Crippen LogP contribution in [0, 0.1) is 5.82 Å². The molecule has 1 rings (SSSR count). The molecular weight excluding hydrogens is 263 g/mol. The summed E-state index contributed by atoms with van der Waals surface area (Å²) in [7, 11) is -2.33. The number of carbonyl (C=O) groups is 1. The highest BCUT2D eigenvalue weighted by Crippen LogP contribution is 2.17. The third kappa shape index (κ3) is 3.27. The molecule has 100 valence electrons. The van der Waals surface area contributed by atoms with Gasteiger partial charge in [0, 0.05) is 7.11 Å². The topological polar surface area (TPSA) is 80.7 Å². The summed E-state index contributed by atoms with van der Waals surface area (Å²) >= 11 is 0. The molecule has 7 heteroatoms. The number of hydrogen-bond acceptors (Lipinski definition) is 4. The van der Waals surface area contributed by atoms with Gasteiger partial charge in [0.05, 0.1) is 22.3 Å². The number of benzene rings is 1. The Morgan fingerprint density at radius 2 is 2.11 bits per heavy atom. The molecule has 0 aromatic heterocycles. The van der Waals surface area contributed by atoms with Gasteiger partial charge in [0.25, 0.3) is 0 Å². The predicted octanol–water partition coefficient (Wildman–Crippen LogP) is 1.33. The van der Waals surface area contributed by atoms with Crippen molar-refractivity contribution in [1.82, 2.24) is 0 Å². The van der Waals surface area contributed by atoms with E-state index in [1.807, 2.05) is 0 Å². The van der Waals surface area contributed by atoms with Crippen molar-refractivity contribution >= 4 is 15.8 Å². The molecular formula is C11H13FO5S. The summed E-state index contributed by atoms with van der Waals surface area (Å²) in [5, 5.41) is 8.72. The smallest absolute Gasteiger partial charge is 0.338 e. The molecule has 18 heavy (non-hydrogen) atoms. The Hall–Kier alpha value is -1.47. The lowest BCUT2D eigenvalue weighted by molar-refractivity contribution is 0.0691. The summed E-state index contributed by atoms with van der Waals surface area (Å²) < 4.78 is 41.8. The average molecular weight is 276 g/mol. The Labute approximate surface area is 104 Å². The number of rotatable bonds is 5. The van der Waals surface area contributed by atoms with Crippen LogP contribution in [0.25, 0.3) is 0 Å². The largest absolute Gasteiger partial charge is 0.478 e. The first-order chi connectivity index (χ1) is 8.27. The fraction of sp³-hybridized carbons (Fsp3) is 0.364. The Morgan fingerprint density at radius 3 is 2.61 bits per heavy atom. The Bertz CT molecular complexity index is 553. The molecule has 1 unspecified atom stereocenters. The van der Waals surface area contributed by atoms with E-state index in [1.165, 1.54) is 7.11 Å². The van der Waals surface area contributed by atoms with Gasteiger partial charge in [-0.3, -0.25) is 0 Å². The predicted molar refractivity (Wildman–Crippen MR) is 61.9 cm³/mol. The minimum absolute atomic E-state index is 0.231. The summed E-state index contributed by atoms with van der Waals surface area (Å²) in [6.07, 6.45) is -0.534. The van der Waals surface area contributed by atoms with Crippen LogP contribution in [0.2, 0.25) is 0 Å². The lowest BCUT2D eigenvalue weighted by Gasteiger charge is -2.10. The minimum Gasteiger partial charge on any atom is -0.478 e. The van der Waals surface area contributed by atoms with Gasteiger partial charge in [-0.25, -0.2) is 17.6 Å². The van der Waals surface area contributed by atoms with Crippen molar-refractivity contribution in [3.63, 3.8) is 0 Å². The van der Waals surface area contributed by atoms with Crippen LogP contribution in [0.5, 0.6) is 0 Å². The number of halogens is 1. The van der Waals surface area contributed by atoms with Crippen LogP contribution in [0.4, 0.5) is 4.39 Å². The van der Waals surface area contributed by atoms with E-state index in [0.29, 0.717) is 0 Å². The third-order valence-corrected chi connectivity index (χ3v) is 4.26. The van der Waals surface area contributed by atoms with Gasteiger partial charge in [-0.1, -0.05) is 0 Å². The van der Waals surface area contributed by atoms with Crippen molar-refractivity contribution in [3.8, 4) is 0 Å². The van der Waals surface area contributed by atoms with E-state index in [0.717, 1.165) is 18.2 Å². The number of methoxy groups -OCH3 is 1. The zero-order valence-corrected chi connectivity index (χ0v) is 10.7. The highest BCUT2D eigenvalue weighted by Gasteiger charge is 2.21. The summed E-state index contributed by atoms with van der Waals surface area (Å²) in [4.78, 5) is 10.5. The molecule has 1 aromatic carbocycles. The standard InChI is InChI=1S/C11H13FO5S/c1-7(17-2)6-18(15,16)8-3-4-10(12)9(5-8)11(13)14/h3-5,7H,6H2,1-2H3,(H,13,14). The molecule has 1 N–H and O–H groups in total. The molecule has 0 radical (unpaired) electrons. The number of ether oxygens (including phenoxy) is 1. The van der Waals surface area contributed by atoms with E-state index in [1.54, 1.807) is 6.92 Å². The lowest BCUT2D eigenvalue weighted by atomic mass is 10.2. The monoisotopic (exact) mass is 276 g/mol. The lowest BCUT2D eigenvalue weighted by Crippen LogP contribution is -2.20. The number of carboxylic acids is 1. The van der Waals surface area contributed by atoms with Gasteiger partial charge in [-0.15, -0.1) is 0 Å². The Balaban J connectivity index is 3.18. The summed E-state index contributed by atoms with van der Waals surface area (Å²) in [6.45, 7) is 1.57. The summed E-state index contributed by atoms with van der Waals surface area (Å²) in [6, 6.07) is 2.68. The van der Waals surface area contributed by atoms with Gasteiger partial charge in [0.1, 0.15) is 5.82 Å². The molecule has 0 bridgehead atoms. The minimum atomic E-state index is -3.70. The van der Waals surface area contributed by atoms with Crippen LogP contribution in [-0.4, -0.2) is 38.5 Å². The zero-order valence-electron chi connectivity index (χ0n) is 9.88. The first-order valence-electron chi connectivity index (χ1n) is 5.06. The highest BCUT2D eigenvalue weighted by molar-refractivity contribution is 7.91. The number of sulfone groups is 1. The summed E-state index contributed by atoms with van der Waals surface area (Å²) in [5.74, 6) is -2.78. The first kappa shape index (κ1) is 14.6. The van der Waals surface area contributed by atoms with E-state index >= 15 is 0 Å². The fourth-order valence-corrected chi connectivity index (χ4v) is 2.85. The van der Waals surface area contributed by atoms with Gasteiger partial charge < -0.3 is 9.84 Å². The molecule has 1 aromatic rings. The first-order valence-corrected chi connectivity index (χ1v) is 6.71. The summed E-state index contributed by atoms with van der Waals surface area (Å²) in [5.41, 5.74) is -0.666. The van der Waals surface area contributed by atoms with Crippen LogP contribution < -0.4 is 0 Å². The molecule has 1 atom stereocenters. The number of carboxylic acid groups (broad SMARTS) is 1. The van der Waals surface area contributed by atoms with Gasteiger partial charge >= 0.3 is 5.97 Å². The molecule has 0 heterocycles. The second-order valence-corrected chi connectivity index (χ2v) is 5.81. The van der Waals surface area contributed by atoms with Crippen molar-refractivity contribution in [2.45, 2.75) is 17.9 Å².